The largest absolute Gasteiger partial charge is 0.348 e. The van der Waals surface area contributed by atoms with Crippen molar-refractivity contribution in [1.82, 2.24) is 9.88 Å². The summed E-state index contributed by atoms with van der Waals surface area (Å²) >= 11 is 0. The van der Waals surface area contributed by atoms with Crippen molar-refractivity contribution in [2.45, 2.75) is 49.6 Å². The second-order valence-corrected chi connectivity index (χ2v) is 6.67. The summed E-state index contributed by atoms with van der Waals surface area (Å²) in [6.45, 7) is -0.761. The average molecular weight is 321 g/mol. The first kappa shape index (κ1) is 15.9. The number of rotatable bonds is 5. The van der Waals surface area contributed by atoms with Gasteiger partial charge in [0, 0.05) is 12.2 Å². The number of alkyl halides is 2. The Labute approximate surface area is 121 Å². The van der Waals surface area contributed by atoms with Crippen molar-refractivity contribution < 1.29 is 22.0 Å². The fraction of sp³-hybridized carbons (Fsp3) is 0.583. The van der Waals surface area contributed by atoms with Crippen LogP contribution in [0.15, 0.2) is 17.2 Å². The van der Waals surface area contributed by atoms with E-state index in [4.69, 9.17) is 5.14 Å². The molecular formula is C12H17F2N3O3S. The van der Waals surface area contributed by atoms with Crippen molar-refractivity contribution >= 4 is 15.9 Å². The molecule has 0 saturated heterocycles. The number of hydrogen-bond acceptors (Lipinski definition) is 3. The third-order valence-corrected chi connectivity index (χ3v) is 4.34. The minimum absolute atomic E-state index is 0.00494. The summed E-state index contributed by atoms with van der Waals surface area (Å²) in [6.07, 6.45) is 1.94. The van der Waals surface area contributed by atoms with Crippen molar-refractivity contribution in [2.75, 3.05) is 0 Å². The van der Waals surface area contributed by atoms with Crippen LogP contribution >= 0.6 is 0 Å². The standard InChI is InChI=1S/C12H17F2N3O3S/c13-11(14)7-17-6-9(21(15,19)20)5-10(17)12(18)16-8-3-1-2-4-8/h5-6,8,11H,1-4,7H2,(H,16,18)(H2,15,19,20). The Morgan fingerprint density at radius 1 is 1.43 bits per heavy atom. The molecule has 1 aromatic rings. The molecule has 0 aliphatic heterocycles. The van der Waals surface area contributed by atoms with E-state index in [1.54, 1.807) is 0 Å². The molecule has 0 radical (unpaired) electrons. The number of sulfonamides is 1. The zero-order chi connectivity index (χ0) is 15.6. The number of nitrogens with zero attached hydrogens (tertiary/aromatic N) is 1. The van der Waals surface area contributed by atoms with Gasteiger partial charge in [-0.15, -0.1) is 0 Å². The normalized spacial score (nSPS) is 16.6. The number of primary sulfonamides is 1. The molecule has 1 aliphatic carbocycles. The highest BCUT2D eigenvalue weighted by molar-refractivity contribution is 7.89. The maximum atomic E-state index is 12.5. The Morgan fingerprint density at radius 2 is 2.05 bits per heavy atom. The highest BCUT2D eigenvalue weighted by Gasteiger charge is 2.23. The highest BCUT2D eigenvalue weighted by Crippen LogP contribution is 2.20. The van der Waals surface area contributed by atoms with Crippen molar-refractivity contribution in [1.29, 1.82) is 0 Å². The minimum atomic E-state index is -4.05. The van der Waals surface area contributed by atoms with Crippen molar-refractivity contribution in [3.8, 4) is 0 Å². The van der Waals surface area contributed by atoms with E-state index >= 15 is 0 Å². The summed E-state index contributed by atoms with van der Waals surface area (Å²) < 4.78 is 48.6. The van der Waals surface area contributed by atoms with Crippen LogP contribution < -0.4 is 10.5 Å². The van der Waals surface area contributed by atoms with Gasteiger partial charge < -0.3 is 9.88 Å². The lowest BCUT2D eigenvalue weighted by atomic mass is 10.2. The predicted octanol–water partition coefficient (Wildman–Crippen LogP) is 1.07. The average Bonchev–Trinajstić information content (AvgIpc) is 2.96. The van der Waals surface area contributed by atoms with Gasteiger partial charge in [-0.3, -0.25) is 4.79 Å². The molecule has 1 aromatic heterocycles. The SMILES string of the molecule is NS(=O)(=O)c1cc(C(=O)NC2CCCC2)n(CC(F)F)c1. The Balaban J connectivity index is 2.26. The second-order valence-electron chi connectivity index (χ2n) is 5.10. The predicted molar refractivity (Wildman–Crippen MR) is 71.5 cm³/mol. The molecule has 1 amide bonds. The van der Waals surface area contributed by atoms with Crippen LogP contribution in [0.25, 0.3) is 0 Å². The molecule has 21 heavy (non-hydrogen) atoms. The van der Waals surface area contributed by atoms with Crippen molar-refractivity contribution in [3.05, 3.63) is 18.0 Å². The summed E-state index contributed by atoms with van der Waals surface area (Å²) in [5.41, 5.74) is -0.119. The molecule has 1 saturated carbocycles. The third kappa shape index (κ3) is 4.01. The smallest absolute Gasteiger partial charge is 0.268 e. The fourth-order valence-corrected chi connectivity index (χ4v) is 3.01. The molecule has 118 valence electrons. The lowest BCUT2D eigenvalue weighted by Gasteiger charge is -2.13. The van der Waals surface area contributed by atoms with Gasteiger partial charge in [-0.2, -0.15) is 0 Å². The molecule has 0 bridgehead atoms. The van der Waals surface area contributed by atoms with Crippen LogP contribution in [0.3, 0.4) is 0 Å². The van der Waals surface area contributed by atoms with E-state index in [-0.39, 0.29) is 16.6 Å². The van der Waals surface area contributed by atoms with E-state index in [0.717, 1.165) is 42.5 Å². The summed E-state index contributed by atoms with van der Waals surface area (Å²) in [5, 5.41) is 7.71. The molecule has 6 nitrogen and oxygen atoms in total. The monoisotopic (exact) mass is 321 g/mol. The van der Waals surface area contributed by atoms with Crippen molar-refractivity contribution in [2.24, 2.45) is 5.14 Å². The van der Waals surface area contributed by atoms with Gasteiger partial charge in [-0.05, 0) is 18.9 Å². The number of nitrogens with two attached hydrogens (primary N) is 1. The first-order valence-corrected chi connectivity index (χ1v) is 8.14. The molecule has 9 heteroatoms. The Hall–Kier alpha value is -1.48. The number of aromatic nitrogens is 1. The molecule has 1 aliphatic rings. The number of halogens is 2. The zero-order valence-corrected chi connectivity index (χ0v) is 12.1. The van der Waals surface area contributed by atoms with E-state index < -0.39 is 28.9 Å². The van der Waals surface area contributed by atoms with Gasteiger partial charge >= 0.3 is 0 Å². The van der Waals surface area contributed by atoms with Crippen LogP contribution in [-0.2, 0) is 16.6 Å². The van der Waals surface area contributed by atoms with E-state index in [9.17, 15) is 22.0 Å². The number of carbonyl (C=O) groups is 1. The molecule has 1 heterocycles. The Bertz CT molecular complexity index is 622. The second kappa shape index (κ2) is 6.10. The summed E-state index contributed by atoms with van der Waals surface area (Å²) in [5.74, 6) is -0.558. The van der Waals surface area contributed by atoms with E-state index in [2.05, 4.69) is 5.32 Å². The van der Waals surface area contributed by atoms with Gasteiger partial charge in [0.15, 0.2) is 0 Å². The molecule has 0 aromatic carbocycles. The number of hydrogen-bond donors (Lipinski definition) is 2. The topological polar surface area (TPSA) is 94.2 Å². The van der Waals surface area contributed by atoms with E-state index in [1.807, 2.05) is 0 Å². The van der Waals surface area contributed by atoms with Gasteiger partial charge in [0.05, 0.1) is 6.54 Å². The highest BCUT2D eigenvalue weighted by atomic mass is 32.2. The first-order valence-electron chi connectivity index (χ1n) is 6.59. The van der Waals surface area contributed by atoms with Crippen LogP contribution in [0.1, 0.15) is 36.2 Å². The quantitative estimate of drug-likeness (QED) is 0.849. The Morgan fingerprint density at radius 3 is 2.57 bits per heavy atom. The fourth-order valence-electron chi connectivity index (χ4n) is 2.46. The molecule has 1 fully saturated rings. The molecule has 3 N–H and O–H groups in total. The lowest BCUT2D eigenvalue weighted by molar-refractivity contribution is 0.0915. The molecule has 0 atom stereocenters. The third-order valence-electron chi connectivity index (χ3n) is 3.46. The van der Waals surface area contributed by atoms with Crippen LogP contribution in [-0.4, -0.2) is 31.4 Å². The van der Waals surface area contributed by atoms with Gasteiger partial charge in [-0.25, -0.2) is 22.3 Å². The Kier molecular flexibility index (Phi) is 4.62. The summed E-state index contributed by atoms with van der Waals surface area (Å²) in [6, 6.07) is 1.03. The zero-order valence-electron chi connectivity index (χ0n) is 11.3. The molecular weight excluding hydrogens is 304 g/mol. The van der Waals surface area contributed by atoms with Gasteiger partial charge in [0.25, 0.3) is 12.3 Å². The minimum Gasteiger partial charge on any atom is -0.348 e. The van der Waals surface area contributed by atoms with E-state index in [0.29, 0.717) is 0 Å². The lowest BCUT2D eigenvalue weighted by Crippen LogP contribution is -2.34. The number of carbonyl (C=O) groups excluding carboxylic acids is 1. The maximum Gasteiger partial charge on any atom is 0.268 e. The molecule has 0 unspecified atom stereocenters. The van der Waals surface area contributed by atoms with Crippen LogP contribution in [0.2, 0.25) is 0 Å². The maximum absolute atomic E-state index is 12.5. The molecule has 0 spiro atoms. The van der Waals surface area contributed by atoms with E-state index in [1.165, 1.54) is 0 Å². The van der Waals surface area contributed by atoms with Crippen LogP contribution in [0.5, 0.6) is 0 Å². The van der Waals surface area contributed by atoms with Gasteiger partial charge in [0.2, 0.25) is 10.0 Å². The summed E-state index contributed by atoms with van der Waals surface area (Å²) in [4.78, 5) is 11.8. The molecule has 2 rings (SSSR count). The number of amides is 1. The van der Waals surface area contributed by atoms with Crippen LogP contribution in [0, 0.1) is 0 Å². The first-order chi connectivity index (χ1) is 9.77. The summed E-state index contributed by atoms with van der Waals surface area (Å²) in [7, 11) is -4.05. The number of nitrogens with one attached hydrogen (secondary N) is 1. The van der Waals surface area contributed by atoms with Gasteiger partial charge in [-0.1, -0.05) is 12.8 Å². The van der Waals surface area contributed by atoms with Crippen molar-refractivity contribution in [3.63, 3.8) is 0 Å². The van der Waals surface area contributed by atoms with Gasteiger partial charge in [0.1, 0.15) is 10.6 Å². The van der Waals surface area contributed by atoms with Crippen LogP contribution in [0.4, 0.5) is 8.78 Å².